The van der Waals surface area contributed by atoms with E-state index >= 15 is 0 Å². The number of nitrogens with zero attached hydrogens (tertiary/aromatic N) is 4. The van der Waals surface area contributed by atoms with Crippen LogP contribution in [0.15, 0.2) is 79.4 Å². The van der Waals surface area contributed by atoms with Crippen LogP contribution in [0, 0.1) is 0 Å². The Morgan fingerprint density at radius 3 is 2.44 bits per heavy atom. The first-order valence-corrected chi connectivity index (χ1v) is 8.84. The molecule has 0 spiro atoms. The van der Waals surface area contributed by atoms with E-state index in [1.54, 1.807) is 15.9 Å². The molecule has 1 aromatic heterocycles. The summed E-state index contributed by atoms with van der Waals surface area (Å²) in [4.78, 5) is 18.7. The van der Waals surface area contributed by atoms with Crippen LogP contribution in [-0.4, -0.2) is 32.6 Å². The minimum absolute atomic E-state index is 0.00797. The van der Waals surface area contributed by atoms with E-state index in [1.165, 1.54) is 6.33 Å². The Kier molecular flexibility index (Phi) is 4.42. The number of hydrogen-bond acceptors (Lipinski definition) is 3. The van der Waals surface area contributed by atoms with Gasteiger partial charge >= 0.3 is 0 Å². The quantitative estimate of drug-likeness (QED) is 0.549. The predicted octanol–water partition coefficient (Wildman–Crippen LogP) is 4.25. The Labute approximate surface area is 157 Å². The summed E-state index contributed by atoms with van der Waals surface area (Å²) in [5.74, 6) is 0.00797. The van der Waals surface area contributed by atoms with Crippen LogP contribution in [0.5, 0.6) is 0 Å². The number of benzene rings is 3. The van der Waals surface area contributed by atoms with Crippen LogP contribution >= 0.6 is 0 Å². The highest BCUT2D eigenvalue weighted by molar-refractivity contribution is 5.98. The SMILES string of the molecule is C[C@H](c1ccc(-n2cncn2)cc1)N(C)C(=O)c1ccc2ccccc2c1. The lowest BCUT2D eigenvalue weighted by molar-refractivity contribution is 0.0743. The Morgan fingerprint density at radius 2 is 1.74 bits per heavy atom. The van der Waals surface area contributed by atoms with E-state index in [9.17, 15) is 4.79 Å². The zero-order valence-corrected chi connectivity index (χ0v) is 15.3. The molecule has 134 valence electrons. The van der Waals surface area contributed by atoms with Crippen LogP contribution in [-0.2, 0) is 0 Å². The standard InChI is InChI=1S/C22H20N4O/c1-16(17-9-11-21(12-10-17)26-15-23-14-24-26)25(2)22(27)20-8-7-18-5-3-4-6-19(18)13-20/h3-16H,1-2H3/t16-/m1/s1. The van der Waals surface area contributed by atoms with Gasteiger partial charge in [0.25, 0.3) is 5.91 Å². The van der Waals surface area contributed by atoms with Crippen LogP contribution in [0.25, 0.3) is 16.5 Å². The molecule has 0 radical (unpaired) electrons. The van der Waals surface area contributed by atoms with Crippen molar-refractivity contribution in [1.82, 2.24) is 19.7 Å². The molecule has 0 saturated carbocycles. The van der Waals surface area contributed by atoms with E-state index in [4.69, 9.17) is 0 Å². The number of fused-ring (bicyclic) bond motifs is 1. The molecule has 0 N–H and O–H groups in total. The number of carbonyl (C=O) groups is 1. The number of amides is 1. The van der Waals surface area contributed by atoms with Crippen molar-refractivity contribution in [2.45, 2.75) is 13.0 Å². The van der Waals surface area contributed by atoms with Crippen LogP contribution < -0.4 is 0 Å². The number of aromatic nitrogens is 3. The molecule has 0 saturated heterocycles. The molecule has 5 nitrogen and oxygen atoms in total. The maximum atomic E-state index is 13.0. The predicted molar refractivity (Wildman–Crippen MR) is 106 cm³/mol. The van der Waals surface area contributed by atoms with Gasteiger partial charge < -0.3 is 4.90 Å². The molecule has 0 bridgehead atoms. The zero-order valence-electron chi connectivity index (χ0n) is 15.3. The molecule has 1 heterocycles. The molecular weight excluding hydrogens is 336 g/mol. The molecule has 0 aliphatic rings. The molecule has 4 rings (SSSR count). The Morgan fingerprint density at radius 1 is 1.00 bits per heavy atom. The van der Waals surface area contributed by atoms with Crippen molar-refractivity contribution in [2.75, 3.05) is 7.05 Å². The third-order valence-corrected chi connectivity index (χ3v) is 4.96. The second kappa shape index (κ2) is 7.03. The molecule has 4 aromatic rings. The maximum Gasteiger partial charge on any atom is 0.254 e. The van der Waals surface area contributed by atoms with Crippen molar-refractivity contribution in [2.24, 2.45) is 0 Å². The van der Waals surface area contributed by atoms with Crippen LogP contribution in [0.4, 0.5) is 0 Å². The lowest BCUT2D eigenvalue weighted by Gasteiger charge is -2.25. The summed E-state index contributed by atoms with van der Waals surface area (Å²) in [7, 11) is 1.84. The molecular formula is C22H20N4O. The van der Waals surface area contributed by atoms with Crippen LogP contribution in [0.2, 0.25) is 0 Å². The van der Waals surface area contributed by atoms with Gasteiger partial charge in [0.2, 0.25) is 0 Å². The molecule has 1 atom stereocenters. The van der Waals surface area contributed by atoms with Gasteiger partial charge in [0.1, 0.15) is 12.7 Å². The van der Waals surface area contributed by atoms with Gasteiger partial charge in [-0.15, -0.1) is 0 Å². The first-order valence-electron chi connectivity index (χ1n) is 8.84. The van der Waals surface area contributed by atoms with Crippen molar-refractivity contribution < 1.29 is 4.79 Å². The first kappa shape index (κ1) is 17.0. The van der Waals surface area contributed by atoms with Gasteiger partial charge in [-0.05, 0) is 47.5 Å². The van der Waals surface area contributed by atoms with E-state index < -0.39 is 0 Å². The van der Waals surface area contributed by atoms with Crippen molar-refractivity contribution in [3.05, 3.63) is 90.5 Å². The van der Waals surface area contributed by atoms with Crippen LogP contribution in [0.3, 0.4) is 0 Å². The van der Waals surface area contributed by atoms with Crippen LogP contribution in [0.1, 0.15) is 28.9 Å². The minimum Gasteiger partial charge on any atom is -0.335 e. The smallest absolute Gasteiger partial charge is 0.254 e. The second-order valence-electron chi connectivity index (χ2n) is 6.59. The third kappa shape index (κ3) is 3.31. The highest BCUT2D eigenvalue weighted by atomic mass is 16.2. The van der Waals surface area contributed by atoms with E-state index in [2.05, 4.69) is 10.1 Å². The van der Waals surface area contributed by atoms with Gasteiger partial charge in [-0.3, -0.25) is 4.79 Å². The summed E-state index contributed by atoms with van der Waals surface area (Å²) >= 11 is 0. The monoisotopic (exact) mass is 356 g/mol. The van der Waals surface area contributed by atoms with Crippen molar-refractivity contribution in [3.8, 4) is 5.69 Å². The molecule has 27 heavy (non-hydrogen) atoms. The third-order valence-electron chi connectivity index (χ3n) is 4.96. The van der Waals surface area contributed by atoms with Crippen molar-refractivity contribution in [1.29, 1.82) is 0 Å². The topological polar surface area (TPSA) is 51.0 Å². The summed E-state index contributed by atoms with van der Waals surface area (Å²) in [5.41, 5.74) is 2.70. The normalized spacial score (nSPS) is 12.1. The lowest BCUT2D eigenvalue weighted by Crippen LogP contribution is -2.29. The largest absolute Gasteiger partial charge is 0.335 e. The molecule has 0 aliphatic heterocycles. The molecule has 3 aromatic carbocycles. The highest BCUT2D eigenvalue weighted by Crippen LogP contribution is 2.23. The summed E-state index contributed by atoms with van der Waals surface area (Å²) in [6, 6.07) is 21.9. The van der Waals surface area contributed by atoms with E-state index in [0.717, 1.165) is 22.0 Å². The fraction of sp³-hybridized carbons (Fsp3) is 0.136. The summed E-state index contributed by atoms with van der Waals surface area (Å²) in [6.07, 6.45) is 3.17. The second-order valence-corrected chi connectivity index (χ2v) is 6.59. The number of rotatable bonds is 4. The zero-order chi connectivity index (χ0) is 18.8. The lowest BCUT2D eigenvalue weighted by atomic mass is 10.0. The van der Waals surface area contributed by atoms with Crippen molar-refractivity contribution >= 4 is 16.7 Å². The number of hydrogen-bond donors (Lipinski definition) is 0. The average Bonchev–Trinajstić information content (AvgIpc) is 3.27. The van der Waals surface area contributed by atoms with E-state index in [-0.39, 0.29) is 11.9 Å². The fourth-order valence-electron chi connectivity index (χ4n) is 3.17. The van der Waals surface area contributed by atoms with Gasteiger partial charge in [-0.1, -0.05) is 42.5 Å². The van der Waals surface area contributed by atoms with E-state index in [0.29, 0.717) is 5.56 Å². The molecule has 0 aliphatic carbocycles. The van der Waals surface area contributed by atoms with Gasteiger partial charge in [-0.2, -0.15) is 5.10 Å². The van der Waals surface area contributed by atoms with Gasteiger partial charge in [0.15, 0.2) is 0 Å². The Balaban J connectivity index is 1.55. The minimum atomic E-state index is -0.0474. The average molecular weight is 356 g/mol. The summed E-state index contributed by atoms with van der Waals surface area (Å²) in [6.45, 7) is 2.03. The highest BCUT2D eigenvalue weighted by Gasteiger charge is 2.19. The molecule has 0 unspecified atom stereocenters. The first-order chi connectivity index (χ1) is 13.1. The molecule has 1 amide bonds. The Bertz CT molecular complexity index is 1070. The molecule has 5 heteroatoms. The molecule has 0 fully saturated rings. The van der Waals surface area contributed by atoms with Gasteiger partial charge in [-0.25, -0.2) is 9.67 Å². The summed E-state index contributed by atoms with van der Waals surface area (Å²) in [5, 5.41) is 6.33. The van der Waals surface area contributed by atoms with E-state index in [1.807, 2.05) is 80.7 Å². The maximum absolute atomic E-state index is 13.0. The van der Waals surface area contributed by atoms with Gasteiger partial charge in [0, 0.05) is 12.6 Å². The number of carbonyl (C=O) groups excluding carboxylic acids is 1. The summed E-state index contributed by atoms with van der Waals surface area (Å²) < 4.78 is 1.71. The van der Waals surface area contributed by atoms with Crippen molar-refractivity contribution in [3.63, 3.8) is 0 Å². The van der Waals surface area contributed by atoms with Gasteiger partial charge in [0.05, 0.1) is 11.7 Å². The fourth-order valence-corrected chi connectivity index (χ4v) is 3.17. The Hall–Kier alpha value is -3.47.